The minimum absolute atomic E-state index is 0.0575. The Labute approximate surface area is 160 Å². The van der Waals surface area contributed by atoms with Gasteiger partial charge in [0.2, 0.25) is 0 Å². The lowest BCUT2D eigenvalue weighted by Crippen LogP contribution is -2.31. The summed E-state index contributed by atoms with van der Waals surface area (Å²) in [6.45, 7) is 6.95. The molecule has 0 amide bonds. The van der Waals surface area contributed by atoms with Crippen molar-refractivity contribution in [3.63, 3.8) is 0 Å². The number of nitrogens with one attached hydrogen (secondary N) is 1. The minimum atomic E-state index is -0.502. The van der Waals surface area contributed by atoms with Gasteiger partial charge in [0.15, 0.2) is 11.2 Å². The molecule has 0 saturated heterocycles. The largest absolute Gasteiger partial charge is 0.330 e. The zero-order valence-electron chi connectivity index (χ0n) is 16.1. The Morgan fingerprint density at radius 3 is 2.64 bits per heavy atom. The van der Waals surface area contributed by atoms with Gasteiger partial charge in [0.25, 0.3) is 11.2 Å². The quantitative estimate of drug-likeness (QED) is 0.496. The van der Waals surface area contributed by atoms with Crippen LogP contribution in [-0.2, 0) is 13.1 Å². The first kappa shape index (κ1) is 19.5. The smallest absolute Gasteiger partial charge is 0.318 e. The predicted octanol–water partition coefficient (Wildman–Crippen LogP) is 2.92. The summed E-state index contributed by atoms with van der Waals surface area (Å²) >= 11 is 0. The van der Waals surface area contributed by atoms with E-state index in [0.717, 1.165) is 12.8 Å². The molecule has 0 aliphatic carbocycles. The molecular weight excluding hydrogens is 362 g/mol. The van der Waals surface area contributed by atoms with E-state index < -0.39 is 16.2 Å². The van der Waals surface area contributed by atoms with Crippen LogP contribution in [0, 0.1) is 16.0 Å². The third-order valence-corrected chi connectivity index (χ3v) is 4.48. The standard InChI is InChI=1S/C19H23N5O4/c1-4-5-9-22-17-15(18(25)21-19(22)26)23(11-12(2)3)16(20-17)13-7-6-8-14(10-13)24(27)28/h6-8,10,12H,4-5,9,11H2,1-3H3,(H,21,25,26). The number of imidazole rings is 1. The maximum Gasteiger partial charge on any atom is 0.330 e. The Morgan fingerprint density at radius 2 is 2.00 bits per heavy atom. The van der Waals surface area contributed by atoms with E-state index in [1.807, 2.05) is 20.8 Å². The van der Waals surface area contributed by atoms with Crippen molar-refractivity contribution >= 4 is 16.9 Å². The minimum Gasteiger partial charge on any atom is -0.318 e. The third-order valence-electron chi connectivity index (χ3n) is 4.48. The highest BCUT2D eigenvalue weighted by Crippen LogP contribution is 2.26. The van der Waals surface area contributed by atoms with Crippen molar-refractivity contribution in [2.75, 3.05) is 0 Å². The van der Waals surface area contributed by atoms with Crippen molar-refractivity contribution in [1.29, 1.82) is 0 Å². The van der Waals surface area contributed by atoms with E-state index in [0.29, 0.717) is 35.6 Å². The fourth-order valence-electron chi connectivity index (χ4n) is 3.22. The van der Waals surface area contributed by atoms with Gasteiger partial charge in [-0.15, -0.1) is 0 Å². The molecule has 148 valence electrons. The second kappa shape index (κ2) is 7.79. The monoisotopic (exact) mass is 385 g/mol. The first-order valence-corrected chi connectivity index (χ1v) is 9.31. The second-order valence-corrected chi connectivity index (χ2v) is 7.18. The van der Waals surface area contributed by atoms with Crippen LogP contribution in [-0.4, -0.2) is 24.0 Å². The van der Waals surface area contributed by atoms with Crippen LogP contribution in [0.2, 0.25) is 0 Å². The number of aromatic nitrogens is 4. The van der Waals surface area contributed by atoms with Crippen molar-refractivity contribution in [2.24, 2.45) is 5.92 Å². The normalized spacial score (nSPS) is 11.4. The number of benzene rings is 1. The zero-order valence-corrected chi connectivity index (χ0v) is 16.1. The maximum absolute atomic E-state index is 12.6. The molecule has 0 spiro atoms. The Hall–Kier alpha value is -3.23. The number of hydrogen-bond acceptors (Lipinski definition) is 5. The summed E-state index contributed by atoms with van der Waals surface area (Å²) in [4.78, 5) is 42.6. The molecule has 9 heteroatoms. The van der Waals surface area contributed by atoms with Crippen LogP contribution < -0.4 is 11.2 Å². The number of nitro benzene ring substituents is 1. The molecule has 2 heterocycles. The summed E-state index contributed by atoms with van der Waals surface area (Å²) in [6, 6.07) is 6.14. The van der Waals surface area contributed by atoms with E-state index in [1.54, 1.807) is 16.7 Å². The number of non-ortho nitro benzene ring substituents is 1. The summed E-state index contributed by atoms with van der Waals surface area (Å²) in [6.07, 6.45) is 1.65. The van der Waals surface area contributed by atoms with Crippen LogP contribution in [0.15, 0.2) is 33.9 Å². The molecule has 0 bridgehead atoms. The van der Waals surface area contributed by atoms with E-state index in [-0.39, 0.29) is 11.6 Å². The highest BCUT2D eigenvalue weighted by atomic mass is 16.6. The number of aromatic amines is 1. The Bertz CT molecular complexity index is 1140. The van der Waals surface area contributed by atoms with Crippen molar-refractivity contribution < 1.29 is 4.92 Å². The molecule has 0 fully saturated rings. The molecule has 0 saturated carbocycles. The molecule has 9 nitrogen and oxygen atoms in total. The molecule has 0 aliphatic heterocycles. The molecule has 0 unspecified atom stereocenters. The zero-order chi connectivity index (χ0) is 20.4. The van der Waals surface area contributed by atoms with E-state index in [4.69, 9.17) is 0 Å². The predicted molar refractivity (Wildman–Crippen MR) is 106 cm³/mol. The number of nitrogens with zero attached hydrogens (tertiary/aromatic N) is 4. The summed E-state index contributed by atoms with van der Waals surface area (Å²) in [5, 5.41) is 11.2. The van der Waals surface area contributed by atoms with Crippen molar-refractivity contribution in [2.45, 2.75) is 46.7 Å². The molecule has 0 aliphatic rings. The molecule has 3 rings (SSSR count). The van der Waals surface area contributed by atoms with Gasteiger partial charge in [-0.1, -0.05) is 39.3 Å². The van der Waals surface area contributed by atoms with Gasteiger partial charge in [0.1, 0.15) is 5.82 Å². The van der Waals surface area contributed by atoms with Gasteiger partial charge < -0.3 is 4.57 Å². The lowest BCUT2D eigenvalue weighted by molar-refractivity contribution is -0.384. The molecule has 1 N–H and O–H groups in total. The van der Waals surface area contributed by atoms with Gasteiger partial charge in [-0.25, -0.2) is 9.78 Å². The Morgan fingerprint density at radius 1 is 1.25 bits per heavy atom. The third kappa shape index (κ3) is 3.60. The number of hydrogen-bond donors (Lipinski definition) is 1. The van der Waals surface area contributed by atoms with Crippen molar-refractivity contribution in [1.82, 2.24) is 19.1 Å². The second-order valence-electron chi connectivity index (χ2n) is 7.18. The number of unbranched alkanes of at least 4 members (excludes halogenated alkanes) is 1. The van der Waals surface area contributed by atoms with E-state index in [2.05, 4.69) is 9.97 Å². The summed E-state index contributed by atoms with van der Waals surface area (Å²) in [7, 11) is 0. The summed E-state index contributed by atoms with van der Waals surface area (Å²) in [5.74, 6) is 0.638. The highest BCUT2D eigenvalue weighted by molar-refractivity contribution is 5.77. The lowest BCUT2D eigenvalue weighted by atomic mass is 10.1. The first-order valence-electron chi connectivity index (χ1n) is 9.31. The molecule has 1 aromatic carbocycles. The fourth-order valence-corrected chi connectivity index (χ4v) is 3.22. The van der Waals surface area contributed by atoms with Gasteiger partial charge in [-0.3, -0.25) is 24.5 Å². The van der Waals surface area contributed by atoms with Gasteiger partial charge in [0, 0.05) is 30.8 Å². The molecule has 28 heavy (non-hydrogen) atoms. The van der Waals surface area contributed by atoms with Crippen molar-refractivity contribution in [3.8, 4) is 11.4 Å². The van der Waals surface area contributed by atoms with Crippen LogP contribution in [0.4, 0.5) is 5.69 Å². The number of H-pyrrole nitrogens is 1. The Kier molecular flexibility index (Phi) is 5.43. The molecule has 3 aromatic rings. The number of nitro groups is 1. The van der Waals surface area contributed by atoms with Crippen molar-refractivity contribution in [3.05, 3.63) is 55.2 Å². The average Bonchev–Trinajstić information content (AvgIpc) is 3.00. The molecule has 0 radical (unpaired) electrons. The average molecular weight is 385 g/mol. The highest BCUT2D eigenvalue weighted by Gasteiger charge is 2.21. The van der Waals surface area contributed by atoms with Gasteiger partial charge in [0.05, 0.1) is 4.92 Å². The fraction of sp³-hybridized carbons (Fsp3) is 0.421. The summed E-state index contributed by atoms with van der Waals surface area (Å²) < 4.78 is 3.22. The van der Waals surface area contributed by atoms with E-state index in [9.17, 15) is 19.7 Å². The Balaban J connectivity index is 2.34. The van der Waals surface area contributed by atoms with Gasteiger partial charge in [-0.05, 0) is 12.3 Å². The van der Waals surface area contributed by atoms with Crippen LogP contribution in [0.3, 0.4) is 0 Å². The van der Waals surface area contributed by atoms with E-state index >= 15 is 0 Å². The lowest BCUT2D eigenvalue weighted by Gasteiger charge is -2.11. The summed E-state index contributed by atoms with van der Waals surface area (Å²) in [5.41, 5.74) is 0.0939. The first-order chi connectivity index (χ1) is 13.3. The van der Waals surface area contributed by atoms with Crippen LogP contribution >= 0.6 is 0 Å². The molecular formula is C19H23N5O4. The number of aryl methyl sites for hydroxylation is 1. The molecule has 2 aromatic heterocycles. The molecule has 0 atom stereocenters. The number of fused-ring (bicyclic) bond motifs is 1. The van der Waals surface area contributed by atoms with Gasteiger partial charge in [-0.2, -0.15) is 0 Å². The van der Waals surface area contributed by atoms with E-state index in [1.165, 1.54) is 16.7 Å². The number of rotatable bonds is 7. The van der Waals surface area contributed by atoms with Gasteiger partial charge >= 0.3 is 5.69 Å². The SMILES string of the molecule is CCCCn1c(=O)[nH]c(=O)c2c1nc(-c1cccc([N+](=O)[O-])c1)n2CC(C)C. The maximum atomic E-state index is 12.6. The topological polar surface area (TPSA) is 116 Å². The van der Waals surface area contributed by atoms with Crippen LogP contribution in [0.25, 0.3) is 22.6 Å². The van der Waals surface area contributed by atoms with Crippen LogP contribution in [0.1, 0.15) is 33.6 Å². The van der Waals surface area contributed by atoms with Crippen LogP contribution in [0.5, 0.6) is 0 Å².